The Balaban J connectivity index is 1.59. The first-order valence-corrected chi connectivity index (χ1v) is 11.1. The van der Waals surface area contributed by atoms with Gasteiger partial charge in [0.2, 0.25) is 17.7 Å². The van der Waals surface area contributed by atoms with Gasteiger partial charge in [-0.1, -0.05) is 24.3 Å². The molecule has 2 aromatic carbocycles. The molecule has 0 unspecified atom stereocenters. The van der Waals surface area contributed by atoms with E-state index >= 15 is 0 Å². The Morgan fingerprint density at radius 2 is 1.79 bits per heavy atom. The number of aryl methyl sites for hydroxylation is 1. The van der Waals surface area contributed by atoms with Gasteiger partial charge in [0.15, 0.2) is 0 Å². The quantitative estimate of drug-likeness (QED) is 0.612. The van der Waals surface area contributed by atoms with Crippen molar-refractivity contribution in [2.75, 3.05) is 12.4 Å². The summed E-state index contributed by atoms with van der Waals surface area (Å²) in [6, 6.07) is 10.2. The summed E-state index contributed by atoms with van der Waals surface area (Å²) in [6.07, 6.45) is -0.932. The summed E-state index contributed by atoms with van der Waals surface area (Å²) >= 11 is 0. The summed E-state index contributed by atoms with van der Waals surface area (Å²) in [6.45, 7) is 5.55. The molecule has 0 saturated carbocycles. The molecule has 3 heterocycles. The van der Waals surface area contributed by atoms with Gasteiger partial charge in [-0.15, -0.1) is 0 Å². The number of rotatable bonds is 4. The average molecular weight is 450 g/mol. The number of carbonyl (C=O) groups is 3. The summed E-state index contributed by atoms with van der Waals surface area (Å²) in [5.74, 6) is -2.24. The molecule has 172 valence electrons. The predicted octanol–water partition coefficient (Wildman–Crippen LogP) is 1.61. The maximum atomic E-state index is 13.7. The molecule has 3 N–H and O–H groups in total. The summed E-state index contributed by atoms with van der Waals surface area (Å²) in [7, 11) is 1.57. The van der Waals surface area contributed by atoms with Gasteiger partial charge < -0.3 is 15.2 Å². The minimum Gasteiger partial charge on any atom is -0.497 e. The lowest BCUT2D eigenvalue weighted by atomic mass is 9.76. The van der Waals surface area contributed by atoms with Crippen LogP contribution in [0.2, 0.25) is 0 Å². The van der Waals surface area contributed by atoms with Crippen molar-refractivity contribution in [2.24, 2.45) is 11.8 Å². The van der Waals surface area contributed by atoms with Crippen LogP contribution in [-0.2, 0) is 26.5 Å². The van der Waals surface area contributed by atoms with E-state index in [9.17, 15) is 19.5 Å². The van der Waals surface area contributed by atoms with E-state index in [2.05, 4.69) is 10.6 Å². The minimum atomic E-state index is -1.40. The number of nitrogens with zero attached hydrogens (tertiary/aromatic N) is 1. The molecule has 1 spiro atoms. The monoisotopic (exact) mass is 449 g/mol. The van der Waals surface area contributed by atoms with Gasteiger partial charge in [-0.05, 0) is 49.6 Å². The number of fused-ring (bicyclic) bond motifs is 4. The lowest BCUT2D eigenvalue weighted by molar-refractivity contribution is -0.143. The molecule has 33 heavy (non-hydrogen) atoms. The van der Waals surface area contributed by atoms with E-state index < -0.39 is 35.4 Å². The Labute approximate surface area is 191 Å². The molecule has 3 amide bonds. The molecule has 8 heteroatoms. The fourth-order valence-corrected chi connectivity index (χ4v) is 5.59. The number of aliphatic hydroxyl groups is 1. The van der Waals surface area contributed by atoms with Gasteiger partial charge in [0.1, 0.15) is 11.3 Å². The highest BCUT2D eigenvalue weighted by Gasteiger charge is 2.71. The summed E-state index contributed by atoms with van der Waals surface area (Å²) in [4.78, 5) is 41.9. The van der Waals surface area contributed by atoms with Crippen molar-refractivity contribution in [3.63, 3.8) is 0 Å². The largest absolute Gasteiger partial charge is 0.497 e. The zero-order valence-electron chi connectivity index (χ0n) is 19.0. The number of carbonyl (C=O) groups excluding carboxylic acids is 3. The van der Waals surface area contributed by atoms with Crippen LogP contribution in [0.25, 0.3) is 0 Å². The minimum absolute atomic E-state index is 0.0959. The molecule has 5 rings (SSSR count). The third-order valence-electron chi connectivity index (χ3n) is 7.47. The Bertz CT molecular complexity index is 1180. The molecule has 0 radical (unpaired) electrons. The highest BCUT2D eigenvalue weighted by Crippen LogP contribution is 2.54. The molecule has 2 saturated heterocycles. The number of nitrogens with one attached hydrogen (secondary N) is 2. The van der Waals surface area contributed by atoms with Crippen LogP contribution < -0.4 is 15.4 Å². The zero-order valence-corrected chi connectivity index (χ0v) is 19.0. The summed E-state index contributed by atoms with van der Waals surface area (Å²) in [5, 5.41) is 16.7. The van der Waals surface area contributed by atoms with E-state index in [-0.39, 0.29) is 18.4 Å². The SMILES string of the molecule is COc1ccc(CN2C(=O)[C@@H]3[C@@H]([C@@H](C)O)N[C@@]4(C(=O)Nc5c4ccc(C)c5C)[C@H]3C2=O)cc1. The Kier molecular flexibility index (Phi) is 4.84. The summed E-state index contributed by atoms with van der Waals surface area (Å²) in [5.41, 5.74) is 2.64. The third kappa shape index (κ3) is 2.87. The molecule has 3 aliphatic rings. The number of ether oxygens (including phenoxy) is 1. The lowest BCUT2D eigenvalue weighted by Gasteiger charge is -2.30. The summed E-state index contributed by atoms with van der Waals surface area (Å²) < 4.78 is 5.18. The number of likely N-dealkylation sites (tertiary alicyclic amines) is 1. The molecule has 5 atom stereocenters. The molecule has 8 nitrogen and oxygen atoms in total. The second-order valence-electron chi connectivity index (χ2n) is 9.22. The van der Waals surface area contributed by atoms with E-state index in [1.54, 1.807) is 38.3 Å². The molecular formula is C25H27N3O5. The fourth-order valence-electron chi connectivity index (χ4n) is 5.59. The van der Waals surface area contributed by atoms with Crippen LogP contribution in [0.1, 0.15) is 29.2 Å². The Morgan fingerprint density at radius 3 is 2.42 bits per heavy atom. The van der Waals surface area contributed by atoms with E-state index in [0.29, 0.717) is 17.0 Å². The third-order valence-corrected chi connectivity index (χ3v) is 7.47. The second-order valence-corrected chi connectivity index (χ2v) is 9.22. The van der Waals surface area contributed by atoms with Crippen LogP contribution in [0.5, 0.6) is 5.75 Å². The highest BCUT2D eigenvalue weighted by atomic mass is 16.5. The van der Waals surface area contributed by atoms with Gasteiger partial charge in [-0.25, -0.2) is 0 Å². The van der Waals surface area contributed by atoms with Crippen LogP contribution in [0.4, 0.5) is 5.69 Å². The molecular weight excluding hydrogens is 422 g/mol. The number of imide groups is 1. The average Bonchev–Trinajstić information content (AvgIpc) is 3.38. The molecule has 2 aromatic rings. The number of hydrogen-bond donors (Lipinski definition) is 3. The van der Waals surface area contributed by atoms with Crippen LogP contribution in [0.3, 0.4) is 0 Å². The number of anilines is 1. The van der Waals surface area contributed by atoms with Gasteiger partial charge in [-0.2, -0.15) is 0 Å². The van der Waals surface area contributed by atoms with Gasteiger partial charge in [0.05, 0.1) is 31.6 Å². The standard InChI is InChI=1S/C25H27N3O5/c1-12-5-10-17-20(13(12)2)26-24(32)25(17)19-18(21(27-25)14(3)29)22(30)28(23(19)31)11-15-6-8-16(33-4)9-7-15/h5-10,14,18-19,21,27,29H,11H2,1-4H3,(H,26,32)/t14-,18+,19-,21-,25-/m1/s1. The Hall–Kier alpha value is -3.23. The zero-order chi connectivity index (χ0) is 23.7. The van der Waals surface area contributed by atoms with E-state index in [1.807, 2.05) is 26.0 Å². The van der Waals surface area contributed by atoms with Crippen molar-refractivity contribution in [1.29, 1.82) is 0 Å². The Morgan fingerprint density at radius 1 is 1.09 bits per heavy atom. The molecule has 2 fully saturated rings. The maximum absolute atomic E-state index is 13.7. The molecule has 0 aromatic heterocycles. The smallest absolute Gasteiger partial charge is 0.250 e. The maximum Gasteiger partial charge on any atom is 0.250 e. The topological polar surface area (TPSA) is 108 Å². The number of amides is 3. The normalized spacial score (nSPS) is 28.8. The first kappa shape index (κ1) is 21.6. The van der Waals surface area contributed by atoms with Gasteiger partial charge >= 0.3 is 0 Å². The molecule has 3 aliphatic heterocycles. The van der Waals surface area contributed by atoms with Crippen molar-refractivity contribution >= 4 is 23.4 Å². The number of benzene rings is 2. The first-order chi connectivity index (χ1) is 15.7. The van der Waals surface area contributed by atoms with E-state index in [1.165, 1.54) is 4.90 Å². The van der Waals surface area contributed by atoms with Gasteiger partial charge in [-0.3, -0.25) is 24.6 Å². The van der Waals surface area contributed by atoms with Crippen LogP contribution in [0.15, 0.2) is 36.4 Å². The lowest BCUT2D eigenvalue weighted by Crippen LogP contribution is -2.54. The molecule has 0 bridgehead atoms. The van der Waals surface area contributed by atoms with Crippen LogP contribution >= 0.6 is 0 Å². The van der Waals surface area contributed by atoms with E-state index in [0.717, 1.165) is 16.7 Å². The van der Waals surface area contributed by atoms with Crippen molar-refractivity contribution in [3.05, 3.63) is 58.7 Å². The first-order valence-electron chi connectivity index (χ1n) is 11.1. The number of methoxy groups -OCH3 is 1. The van der Waals surface area contributed by atoms with Crippen LogP contribution in [-0.4, -0.2) is 47.0 Å². The van der Waals surface area contributed by atoms with Crippen molar-refractivity contribution < 1.29 is 24.2 Å². The highest BCUT2D eigenvalue weighted by molar-refractivity contribution is 6.15. The van der Waals surface area contributed by atoms with Crippen LogP contribution in [0, 0.1) is 25.7 Å². The van der Waals surface area contributed by atoms with Crippen molar-refractivity contribution in [1.82, 2.24) is 10.2 Å². The predicted molar refractivity (Wildman–Crippen MR) is 120 cm³/mol. The van der Waals surface area contributed by atoms with Crippen molar-refractivity contribution in [3.8, 4) is 5.75 Å². The van der Waals surface area contributed by atoms with Gasteiger partial charge in [0, 0.05) is 17.3 Å². The fraction of sp³-hybridized carbons (Fsp3) is 0.400. The molecule has 0 aliphatic carbocycles. The van der Waals surface area contributed by atoms with Gasteiger partial charge in [0.25, 0.3) is 0 Å². The number of hydrogen-bond acceptors (Lipinski definition) is 6. The van der Waals surface area contributed by atoms with Crippen molar-refractivity contribution in [2.45, 2.75) is 45.0 Å². The van der Waals surface area contributed by atoms with E-state index in [4.69, 9.17) is 4.74 Å². The number of aliphatic hydroxyl groups excluding tert-OH is 1. The second kappa shape index (κ2) is 7.40.